The summed E-state index contributed by atoms with van der Waals surface area (Å²) < 4.78 is 0.999. The lowest BCUT2D eigenvalue weighted by Gasteiger charge is -2.05. The molecule has 0 spiro atoms. The summed E-state index contributed by atoms with van der Waals surface area (Å²) in [5.74, 6) is -0.0274. The van der Waals surface area contributed by atoms with Crippen LogP contribution in [-0.4, -0.2) is 16.8 Å². The number of alkyl halides is 1. The van der Waals surface area contributed by atoms with Gasteiger partial charge in [-0.1, -0.05) is 35.0 Å². The Morgan fingerprint density at radius 2 is 2.37 bits per heavy atom. The lowest BCUT2D eigenvalue weighted by molar-refractivity contribution is -0.118. The van der Waals surface area contributed by atoms with Crippen LogP contribution in [0.15, 0.2) is 34.1 Å². The number of carbonyl (C=O) groups excluding carboxylic acids is 1. The van der Waals surface area contributed by atoms with E-state index in [4.69, 9.17) is 11.6 Å². The van der Waals surface area contributed by atoms with Crippen molar-refractivity contribution in [3.63, 3.8) is 0 Å². The molecule has 1 unspecified atom stereocenters. The zero-order chi connectivity index (χ0) is 13.8. The van der Waals surface area contributed by atoms with E-state index in [1.54, 1.807) is 6.92 Å². The summed E-state index contributed by atoms with van der Waals surface area (Å²) in [5.41, 5.74) is 1.86. The lowest BCUT2D eigenvalue weighted by atomic mass is 10.2. The van der Waals surface area contributed by atoms with E-state index in [1.807, 2.05) is 29.6 Å². The maximum Gasteiger partial charge on any atom is 0.230 e. The standard InChI is InChI=1S/C13H12BrClN2OS/c1-8(6-15)12(18)17-13-16-11(7-19-13)9-3-2-4-10(14)5-9/h2-5,7-8H,6H2,1H3,(H,16,17,18). The second-order valence-electron chi connectivity index (χ2n) is 4.09. The first-order chi connectivity index (χ1) is 9.10. The molecule has 0 saturated carbocycles. The molecule has 3 nitrogen and oxygen atoms in total. The van der Waals surface area contributed by atoms with Crippen molar-refractivity contribution in [2.75, 3.05) is 11.2 Å². The van der Waals surface area contributed by atoms with Crippen molar-refractivity contribution in [3.8, 4) is 11.3 Å². The summed E-state index contributed by atoms with van der Waals surface area (Å²) in [6.45, 7) is 1.78. The van der Waals surface area contributed by atoms with Gasteiger partial charge in [0.05, 0.1) is 5.69 Å². The SMILES string of the molecule is CC(CCl)C(=O)Nc1nc(-c2cccc(Br)c2)cs1. The Hall–Kier alpha value is -0.910. The maximum absolute atomic E-state index is 11.7. The van der Waals surface area contributed by atoms with Gasteiger partial charge in [0.25, 0.3) is 0 Å². The maximum atomic E-state index is 11.7. The van der Waals surface area contributed by atoms with Gasteiger partial charge in [-0.15, -0.1) is 22.9 Å². The van der Waals surface area contributed by atoms with Crippen LogP contribution in [0.4, 0.5) is 5.13 Å². The molecular formula is C13H12BrClN2OS. The highest BCUT2D eigenvalue weighted by atomic mass is 79.9. The number of anilines is 1. The number of halogens is 2. The number of hydrogen-bond acceptors (Lipinski definition) is 3. The topological polar surface area (TPSA) is 42.0 Å². The fourth-order valence-corrected chi connectivity index (χ4v) is 2.67. The van der Waals surface area contributed by atoms with Gasteiger partial charge >= 0.3 is 0 Å². The van der Waals surface area contributed by atoms with Crippen LogP contribution >= 0.6 is 38.9 Å². The Morgan fingerprint density at radius 3 is 3.05 bits per heavy atom. The van der Waals surface area contributed by atoms with Gasteiger partial charge < -0.3 is 5.32 Å². The van der Waals surface area contributed by atoms with Crippen molar-refractivity contribution in [1.29, 1.82) is 0 Å². The van der Waals surface area contributed by atoms with Crippen molar-refractivity contribution in [1.82, 2.24) is 4.98 Å². The molecule has 1 heterocycles. The molecule has 0 saturated heterocycles. The molecule has 1 N–H and O–H groups in total. The van der Waals surface area contributed by atoms with E-state index in [0.29, 0.717) is 11.0 Å². The zero-order valence-corrected chi connectivity index (χ0v) is 13.3. The number of thiazole rings is 1. The number of nitrogens with one attached hydrogen (secondary N) is 1. The first-order valence-corrected chi connectivity index (χ1v) is 7.89. The monoisotopic (exact) mass is 358 g/mol. The number of hydrogen-bond donors (Lipinski definition) is 1. The minimum atomic E-state index is -0.222. The predicted octanol–water partition coefficient (Wildman–Crippen LogP) is 4.39. The molecule has 0 bridgehead atoms. The molecule has 1 aromatic heterocycles. The van der Waals surface area contributed by atoms with E-state index in [-0.39, 0.29) is 11.8 Å². The molecule has 1 amide bonds. The van der Waals surface area contributed by atoms with Gasteiger partial charge in [0.2, 0.25) is 5.91 Å². The molecule has 6 heteroatoms. The van der Waals surface area contributed by atoms with Crippen LogP contribution in [0, 0.1) is 5.92 Å². The Bertz CT molecular complexity index is 588. The Kier molecular flexibility index (Phi) is 4.96. The third kappa shape index (κ3) is 3.78. The molecule has 0 radical (unpaired) electrons. The highest BCUT2D eigenvalue weighted by Gasteiger charge is 2.13. The van der Waals surface area contributed by atoms with Crippen molar-refractivity contribution in [2.45, 2.75) is 6.92 Å². The van der Waals surface area contributed by atoms with Crippen LogP contribution < -0.4 is 5.32 Å². The Balaban J connectivity index is 2.13. The van der Waals surface area contributed by atoms with Crippen LogP contribution in [0.1, 0.15) is 6.92 Å². The predicted molar refractivity (Wildman–Crippen MR) is 83.8 cm³/mol. The number of aromatic nitrogens is 1. The highest BCUT2D eigenvalue weighted by molar-refractivity contribution is 9.10. The van der Waals surface area contributed by atoms with Crippen LogP contribution in [0.3, 0.4) is 0 Å². The van der Waals surface area contributed by atoms with Gasteiger partial charge in [0, 0.05) is 27.2 Å². The first-order valence-electron chi connectivity index (χ1n) is 5.68. The number of carbonyl (C=O) groups is 1. The summed E-state index contributed by atoms with van der Waals surface area (Å²) >= 11 is 10.5. The summed E-state index contributed by atoms with van der Waals surface area (Å²) in [6, 6.07) is 7.88. The fourth-order valence-electron chi connectivity index (χ4n) is 1.41. The van der Waals surface area contributed by atoms with Gasteiger partial charge in [-0.3, -0.25) is 4.79 Å². The summed E-state index contributed by atoms with van der Waals surface area (Å²) in [4.78, 5) is 16.1. The van der Waals surface area contributed by atoms with E-state index in [2.05, 4.69) is 26.2 Å². The molecule has 0 aliphatic rings. The van der Waals surface area contributed by atoms with Crippen LogP contribution in [0.25, 0.3) is 11.3 Å². The van der Waals surface area contributed by atoms with E-state index in [1.165, 1.54) is 11.3 Å². The first kappa shape index (κ1) is 14.5. The molecular weight excluding hydrogens is 348 g/mol. The summed E-state index contributed by atoms with van der Waals surface area (Å²) in [7, 11) is 0. The summed E-state index contributed by atoms with van der Waals surface area (Å²) in [6.07, 6.45) is 0. The van der Waals surface area contributed by atoms with Gasteiger partial charge in [0.15, 0.2) is 5.13 Å². The van der Waals surface area contributed by atoms with Crippen LogP contribution in [0.5, 0.6) is 0 Å². The van der Waals surface area contributed by atoms with Crippen molar-refractivity contribution in [2.24, 2.45) is 5.92 Å². The number of nitrogens with zero attached hydrogens (tertiary/aromatic N) is 1. The number of amides is 1. The highest BCUT2D eigenvalue weighted by Crippen LogP contribution is 2.27. The molecule has 2 aromatic rings. The quantitative estimate of drug-likeness (QED) is 0.823. The average Bonchev–Trinajstić information content (AvgIpc) is 2.86. The van der Waals surface area contributed by atoms with E-state index >= 15 is 0 Å². The van der Waals surface area contributed by atoms with Gasteiger partial charge in [0.1, 0.15) is 0 Å². The number of rotatable bonds is 4. The van der Waals surface area contributed by atoms with Crippen LogP contribution in [0.2, 0.25) is 0 Å². The third-order valence-corrected chi connectivity index (χ3v) is 4.25. The molecule has 0 fully saturated rings. The minimum Gasteiger partial charge on any atom is -0.302 e. The molecule has 2 rings (SSSR count). The number of benzene rings is 1. The fraction of sp³-hybridized carbons (Fsp3) is 0.231. The Labute approximate surface area is 129 Å². The molecule has 1 atom stereocenters. The molecule has 19 heavy (non-hydrogen) atoms. The van der Waals surface area contributed by atoms with E-state index < -0.39 is 0 Å². The third-order valence-electron chi connectivity index (χ3n) is 2.53. The second kappa shape index (κ2) is 6.50. The van der Waals surface area contributed by atoms with Crippen molar-refractivity contribution in [3.05, 3.63) is 34.1 Å². The smallest absolute Gasteiger partial charge is 0.230 e. The van der Waals surface area contributed by atoms with Crippen molar-refractivity contribution >= 4 is 49.9 Å². The van der Waals surface area contributed by atoms with E-state index in [9.17, 15) is 4.79 Å². The van der Waals surface area contributed by atoms with Gasteiger partial charge in [-0.2, -0.15) is 0 Å². The van der Waals surface area contributed by atoms with Gasteiger partial charge in [-0.25, -0.2) is 4.98 Å². The molecule has 100 valence electrons. The largest absolute Gasteiger partial charge is 0.302 e. The normalized spacial score (nSPS) is 12.2. The Morgan fingerprint density at radius 1 is 1.58 bits per heavy atom. The second-order valence-corrected chi connectivity index (χ2v) is 6.18. The molecule has 0 aliphatic carbocycles. The van der Waals surface area contributed by atoms with Crippen LogP contribution in [-0.2, 0) is 4.79 Å². The lowest BCUT2D eigenvalue weighted by Crippen LogP contribution is -2.21. The molecule has 0 aliphatic heterocycles. The van der Waals surface area contributed by atoms with Gasteiger partial charge in [-0.05, 0) is 12.1 Å². The average molecular weight is 360 g/mol. The minimum absolute atomic E-state index is 0.106. The van der Waals surface area contributed by atoms with Crippen molar-refractivity contribution < 1.29 is 4.79 Å². The molecule has 1 aromatic carbocycles. The summed E-state index contributed by atoms with van der Waals surface area (Å²) in [5, 5.41) is 5.28. The zero-order valence-electron chi connectivity index (χ0n) is 10.2. The van der Waals surface area contributed by atoms with E-state index in [0.717, 1.165) is 15.7 Å².